The molecule has 1 aromatic heterocycles. The summed E-state index contributed by atoms with van der Waals surface area (Å²) in [4.78, 5) is 11.0. The van der Waals surface area contributed by atoms with Crippen LogP contribution in [0.2, 0.25) is 0 Å². The smallest absolute Gasteiger partial charge is 0.0543 e. The van der Waals surface area contributed by atoms with Crippen LogP contribution in [0.15, 0.2) is 41.7 Å². The van der Waals surface area contributed by atoms with Crippen LogP contribution in [0.4, 0.5) is 0 Å². The lowest BCUT2D eigenvalue weighted by Gasteiger charge is -2.18. The van der Waals surface area contributed by atoms with Crippen molar-refractivity contribution in [3.8, 4) is 0 Å². The van der Waals surface area contributed by atoms with E-state index in [1.807, 2.05) is 24.5 Å². The summed E-state index contributed by atoms with van der Waals surface area (Å²) in [5.74, 6) is 0. The minimum Gasteiger partial charge on any atom is -0.295 e. The highest BCUT2D eigenvalue weighted by molar-refractivity contribution is 5.87. The molecule has 0 saturated carbocycles. The van der Waals surface area contributed by atoms with Crippen molar-refractivity contribution in [3.63, 3.8) is 0 Å². The van der Waals surface area contributed by atoms with Gasteiger partial charge in [-0.2, -0.15) is 0 Å². The predicted octanol–water partition coefficient (Wildman–Crippen LogP) is 2.26. The van der Waals surface area contributed by atoms with Crippen molar-refractivity contribution in [2.45, 2.75) is 19.4 Å². The fourth-order valence-corrected chi connectivity index (χ4v) is 1.80. The molecule has 0 N–H and O–H groups in total. The molecule has 0 bridgehead atoms. The summed E-state index contributed by atoms with van der Waals surface area (Å²) in [5, 5.41) is 0. The van der Waals surface area contributed by atoms with Gasteiger partial charge in [-0.1, -0.05) is 12.1 Å². The number of allylic oxidation sites excluding steroid dienone is 1. The van der Waals surface area contributed by atoms with Gasteiger partial charge in [-0.15, -0.1) is 0 Å². The minimum absolute atomic E-state index is 0.879. The van der Waals surface area contributed by atoms with Crippen LogP contribution in [0.1, 0.15) is 18.5 Å². The molecule has 3 nitrogen and oxygen atoms in total. The van der Waals surface area contributed by atoms with Crippen LogP contribution >= 0.6 is 0 Å². The highest BCUT2D eigenvalue weighted by atomic mass is 15.1. The quantitative estimate of drug-likeness (QED) is 0.770. The van der Waals surface area contributed by atoms with Gasteiger partial charge in [0.15, 0.2) is 0 Å². The van der Waals surface area contributed by atoms with Gasteiger partial charge in [0, 0.05) is 31.2 Å². The van der Waals surface area contributed by atoms with Crippen molar-refractivity contribution >= 4 is 5.71 Å². The molecule has 0 aliphatic carbocycles. The van der Waals surface area contributed by atoms with E-state index in [-0.39, 0.29) is 0 Å². The summed E-state index contributed by atoms with van der Waals surface area (Å²) < 4.78 is 0. The second-order valence-corrected chi connectivity index (χ2v) is 4.11. The van der Waals surface area contributed by atoms with Crippen molar-refractivity contribution in [2.24, 2.45) is 4.99 Å². The van der Waals surface area contributed by atoms with E-state index in [2.05, 4.69) is 34.1 Å². The molecule has 0 unspecified atom stereocenters. The number of hydrogen-bond donors (Lipinski definition) is 0. The van der Waals surface area contributed by atoms with Gasteiger partial charge in [-0.05, 0) is 32.0 Å². The standard InChI is InChI=1S/C13H17N3/c1-16(10-12-6-2-4-8-14-12)11-13-7-3-5-9-15-13/h2,4-6,8-9H,3,7,10-11H2,1H3. The molecule has 1 aromatic rings. The van der Waals surface area contributed by atoms with E-state index < -0.39 is 0 Å². The van der Waals surface area contributed by atoms with Gasteiger partial charge in [0.2, 0.25) is 0 Å². The van der Waals surface area contributed by atoms with Gasteiger partial charge in [-0.25, -0.2) is 0 Å². The van der Waals surface area contributed by atoms with E-state index in [0.717, 1.165) is 31.6 Å². The second-order valence-electron chi connectivity index (χ2n) is 4.11. The van der Waals surface area contributed by atoms with E-state index in [9.17, 15) is 0 Å². The largest absolute Gasteiger partial charge is 0.295 e. The fourth-order valence-electron chi connectivity index (χ4n) is 1.80. The third kappa shape index (κ3) is 3.28. The first-order chi connectivity index (χ1) is 7.84. The Kier molecular flexibility index (Phi) is 3.83. The van der Waals surface area contributed by atoms with Crippen LogP contribution in [0.5, 0.6) is 0 Å². The first-order valence-electron chi connectivity index (χ1n) is 5.63. The molecule has 0 fully saturated rings. The topological polar surface area (TPSA) is 28.5 Å². The third-order valence-electron chi connectivity index (χ3n) is 2.57. The maximum Gasteiger partial charge on any atom is 0.0543 e. The zero-order valence-electron chi connectivity index (χ0n) is 9.63. The Morgan fingerprint density at radius 1 is 1.31 bits per heavy atom. The molecule has 2 rings (SSSR count). The van der Waals surface area contributed by atoms with Crippen LogP contribution in [-0.4, -0.2) is 29.2 Å². The van der Waals surface area contributed by atoms with Gasteiger partial charge in [-0.3, -0.25) is 14.9 Å². The lowest BCUT2D eigenvalue weighted by Crippen LogP contribution is -2.26. The molecule has 16 heavy (non-hydrogen) atoms. The first-order valence-corrected chi connectivity index (χ1v) is 5.63. The number of pyridine rings is 1. The summed E-state index contributed by atoms with van der Waals surface area (Å²) in [5.41, 5.74) is 2.37. The molecular weight excluding hydrogens is 198 g/mol. The molecule has 0 radical (unpaired) electrons. The SMILES string of the molecule is CN(CC1=NC=CCC1)Cc1ccccn1. The van der Waals surface area contributed by atoms with Crippen LogP contribution in [0.25, 0.3) is 0 Å². The van der Waals surface area contributed by atoms with Gasteiger partial charge in [0.05, 0.1) is 5.69 Å². The molecule has 84 valence electrons. The Balaban J connectivity index is 1.87. The molecule has 0 aromatic carbocycles. The van der Waals surface area contributed by atoms with Crippen LogP contribution in [-0.2, 0) is 6.54 Å². The Labute approximate surface area is 96.5 Å². The van der Waals surface area contributed by atoms with E-state index in [4.69, 9.17) is 0 Å². The predicted molar refractivity (Wildman–Crippen MR) is 66.4 cm³/mol. The van der Waals surface area contributed by atoms with Crippen molar-refractivity contribution in [1.82, 2.24) is 9.88 Å². The lowest BCUT2D eigenvalue weighted by atomic mass is 10.1. The normalized spacial score (nSPS) is 15.2. The van der Waals surface area contributed by atoms with Gasteiger partial charge in [0.1, 0.15) is 0 Å². The molecule has 1 aliphatic rings. The monoisotopic (exact) mass is 215 g/mol. The summed E-state index contributed by atoms with van der Waals surface area (Å²) in [6.07, 6.45) is 8.07. The van der Waals surface area contributed by atoms with Crippen molar-refractivity contribution in [3.05, 3.63) is 42.4 Å². The average Bonchev–Trinajstić information content (AvgIpc) is 2.31. The highest BCUT2D eigenvalue weighted by Gasteiger charge is 2.06. The molecule has 0 spiro atoms. The van der Waals surface area contributed by atoms with E-state index >= 15 is 0 Å². The molecule has 0 amide bonds. The van der Waals surface area contributed by atoms with E-state index in [1.54, 1.807) is 0 Å². The van der Waals surface area contributed by atoms with Gasteiger partial charge < -0.3 is 0 Å². The zero-order chi connectivity index (χ0) is 11.2. The number of rotatable bonds is 4. The molecular formula is C13H17N3. The summed E-state index contributed by atoms with van der Waals surface area (Å²) in [6, 6.07) is 6.02. The zero-order valence-corrected chi connectivity index (χ0v) is 9.63. The average molecular weight is 215 g/mol. The number of hydrogen-bond acceptors (Lipinski definition) is 3. The third-order valence-corrected chi connectivity index (χ3v) is 2.57. The number of aromatic nitrogens is 1. The molecule has 0 atom stereocenters. The Hall–Kier alpha value is -1.48. The summed E-state index contributed by atoms with van der Waals surface area (Å²) in [7, 11) is 2.11. The Morgan fingerprint density at radius 2 is 2.25 bits per heavy atom. The van der Waals surface area contributed by atoms with Gasteiger partial charge in [0.25, 0.3) is 0 Å². The van der Waals surface area contributed by atoms with E-state index in [0.29, 0.717) is 0 Å². The Morgan fingerprint density at radius 3 is 2.94 bits per heavy atom. The second kappa shape index (κ2) is 5.56. The highest BCUT2D eigenvalue weighted by Crippen LogP contribution is 2.05. The van der Waals surface area contributed by atoms with Crippen molar-refractivity contribution in [1.29, 1.82) is 0 Å². The molecule has 3 heteroatoms. The maximum atomic E-state index is 4.39. The Bertz CT molecular complexity index is 381. The fraction of sp³-hybridized carbons (Fsp3) is 0.385. The van der Waals surface area contributed by atoms with Crippen LogP contribution < -0.4 is 0 Å². The van der Waals surface area contributed by atoms with Crippen LogP contribution in [0, 0.1) is 0 Å². The lowest BCUT2D eigenvalue weighted by molar-refractivity contribution is 0.367. The van der Waals surface area contributed by atoms with E-state index in [1.165, 1.54) is 5.71 Å². The van der Waals surface area contributed by atoms with Gasteiger partial charge >= 0.3 is 0 Å². The maximum absolute atomic E-state index is 4.39. The summed E-state index contributed by atoms with van der Waals surface area (Å²) in [6.45, 7) is 1.81. The molecule has 1 aliphatic heterocycles. The number of nitrogens with zero attached hydrogens (tertiary/aromatic N) is 3. The summed E-state index contributed by atoms with van der Waals surface area (Å²) >= 11 is 0. The first kappa shape index (κ1) is 11.0. The van der Waals surface area contributed by atoms with Crippen molar-refractivity contribution < 1.29 is 0 Å². The van der Waals surface area contributed by atoms with Crippen molar-refractivity contribution in [2.75, 3.05) is 13.6 Å². The minimum atomic E-state index is 0.879. The molecule has 0 saturated heterocycles. The molecule has 2 heterocycles. The van der Waals surface area contributed by atoms with Crippen LogP contribution in [0.3, 0.4) is 0 Å². The number of aliphatic imine (C=N–C) groups is 1.